The minimum atomic E-state index is -2.86. The van der Waals surface area contributed by atoms with Gasteiger partial charge in [0, 0.05) is 6.07 Å². The van der Waals surface area contributed by atoms with E-state index in [0.29, 0.717) is 0 Å². The quantitative estimate of drug-likeness (QED) is 0.676. The molecule has 0 bridgehead atoms. The van der Waals surface area contributed by atoms with E-state index in [-0.39, 0.29) is 11.3 Å². The Balaban J connectivity index is 2.81. The molecule has 0 aliphatic carbocycles. The molecule has 0 aliphatic heterocycles. The van der Waals surface area contributed by atoms with Gasteiger partial charge in [0.25, 0.3) is 0 Å². The van der Waals surface area contributed by atoms with Crippen LogP contribution < -0.4 is 4.74 Å². The van der Waals surface area contributed by atoms with Crippen LogP contribution in [0.4, 0.5) is 8.78 Å². The monoisotopic (exact) mass is 168 g/mol. The summed E-state index contributed by atoms with van der Waals surface area (Å²) in [6, 6.07) is 8.18. The van der Waals surface area contributed by atoms with Gasteiger partial charge in [0.15, 0.2) is 0 Å². The summed E-state index contributed by atoms with van der Waals surface area (Å²) in [5, 5.41) is 8.37. The van der Waals surface area contributed by atoms with Crippen molar-refractivity contribution >= 4 is 0 Å². The number of ether oxygens (including phenoxy) is 1. The Morgan fingerprint density at radius 1 is 1.58 bits per heavy atom. The molecule has 0 N–H and O–H groups in total. The number of benzene rings is 1. The first-order valence-electron chi connectivity index (χ1n) is 3.09. The summed E-state index contributed by atoms with van der Waals surface area (Å²) < 4.78 is 27.3. The highest BCUT2D eigenvalue weighted by Gasteiger charge is 2.03. The van der Waals surface area contributed by atoms with Crippen molar-refractivity contribution in [3.05, 3.63) is 29.8 Å². The lowest BCUT2D eigenvalue weighted by Crippen LogP contribution is -2.01. The average molecular weight is 168 g/mol. The fraction of sp³-hybridized carbons (Fsp3) is 0.125. The fourth-order valence-electron chi connectivity index (χ4n) is 0.686. The van der Waals surface area contributed by atoms with Gasteiger partial charge in [-0.1, -0.05) is 0 Å². The molecule has 4 heteroatoms. The van der Waals surface area contributed by atoms with E-state index in [2.05, 4.69) is 10.8 Å². The second-order valence-electron chi connectivity index (χ2n) is 1.93. The van der Waals surface area contributed by atoms with Crippen molar-refractivity contribution in [3.63, 3.8) is 0 Å². The van der Waals surface area contributed by atoms with E-state index in [1.807, 2.05) is 0 Å². The van der Waals surface area contributed by atoms with Gasteiger partial charge in [0.1, 0.15) is 5.75 Å². The molecule has 0 saturated heterocycles. The first-order chi connectivity index (χ1) is 5.72. The molecular formula is C8H4F2NO. The minimum Gasteiger partial charge on any atom is -0.435 e. The first-order valence-corrected chi connectivity index (χ1v) is 3.09. The Hall–Kier alpha value is -1.63. The van der Waals surface area contributed by atoms with E-state index in [1.165, 1.54) is 18.2 Å². The maximum Gasteiger partial charge on any atom is 0.387 e. The summed E-state index contributed by atoms with van der Waals surface area (Å²) >= 11 is 0. The second-order valence-corrected chi connectivity index (χ2v) is 1.93. The van der Waals surface area contributed by atoms with Gasteiger partial charge in [-0.05, 0) is 18.2 Å². The van der Waals surface area contributed by atoms with Crippen molar-refractivity contribution in [2.24, 2.45) is 0 Å². The molecule has 0 amide bonds. The number of alkyl halides is 2. The predicted molar refractivity (Wildman–Crippen MR) is 36.6 cm³/mol. The maximum absolute atomic E-state index is 11.6. The van der Waals surface area contributed by atoms with Crippen LogP contribution >= 0.6 is 0 Å². The molecule has 0 atom stereocenters. The molecule has 2 nitrogen and oxygen atoms in total. The Bertz CT molecular complexity index is 306. The van der Waals surface area contributed by atoms with Crippen LogP contribution in [0, 0.1) is 17.4 Å². The third-order valence-electron chi connectivity index (χ3n) is 1.12. The molecule has 0 aromatic heterocycles. The van der Waals surface area contributed by atoms with Gasteiger partial charge < -0.3 is 4.74 Å². The first kappa shape index (κ1) is 8.47. The van der Waals surface area contributed by atoms with Crippen molar-refractivity contribution in [2.45, 2.75) is 6.61 Å². The zero-order chi connectivity index (χ0) is 8.97. The number of nitriles is 1. The van der Waals surface area contributed by atoms with E-state index in [1.54, 1.807) is 6.07 Å². The van der Waals surface area contributed by atoms with Crippen LogP contribution in [0.25, 0.3) is 0 Å². The molecule has 1 rings (SSSR count). The molecule has 1 aromatic carbocycles. The number of rotatable bonds is 2. The van der Waals surface area contributed by atoms with Crippen molar-refractivity contribution in [1.82, 2.24) is 0 Å². The third-order valence-corrected chi connectivity index (χ3v) is 1.12. The highest BCUT2D eigenvalue weighted by atomic mass is 19.3. The SMILES string of the molecule is N#Cc1[c]ccc(OC(F)F)c1. The van der Waals surface area contributed by atoms with Gasteiger partial charge >= 0.3 is 6.61 Å². The minimum absolute atomic E-state index is 0.0275. The molecule has 0 saturated carbocycles. The number of nitrogens with zero attached hydrogens (tertiary/aromatic N) is 1. The van der Waals surface area contributed by atoms with Gasteiger partial charge in [-0.2, -0.15) is 14.0 Å². The van der Waals surface area contributed by atoms with Crippen molar-refractivity contribution in [2.75, 3.05) is 0 Å². The molecule has 1 radical (unpaired) electrons. The largest absolute Gasteiger partial charge is 0.435 e. The highest BCUT2D eigenvalue weighted by Crippen LogP contribution is 2.14. The van der Waals surface area contributed by atoms with Crippen LogP contribution in [0.5, 0.6) is 5.75 Å². The molecule has 0 spiro atoms. The predicted octanol–water partition coefficient (Wildman–Crippen LogP) is 1.96. The molecular weight excluding hydrogens is 164 g/mol. The molecule has 61 valence electrons. The van der Waals surface area contributed by atoms with E-state index in [9.17, 15) is 8.78 Å². The molecule has 12 heavy (non-hydrogen) atoms. The van der Waals surface area contributed by atoms with Crippen LogP contribution in [-0.4, -0.2) is 6.61 Å². The smallest absolute Gasteiger partial charge is 0.387 e. The van der Waals surface area contributed by atoms with E-state index in [0.717, 1.165) is 0 Å². The Morgan fingerprint density at radius 2 is 2.33 bits per heavy atom. The number of hydrogen-bond donors (Lipinski definition) is 0. The second kappa shape index (κ2) is 3.67. The molecule has 0 heterocycles. The fourth-order valence-corrected chi connectivity index (χ4v) is 0.686. The Morgan fingerprint density at radius 3 is 2.92 bits per heavy atom. The maximum atomic E-state index is 11.6. The normalized spacial score (nSPS) is 9.50. The van der Waals surface area contributed by atoms with Crippen LogP contribution in [0.15, 0.2) is 18.2 Å². The summed E-state index contributed by atoms with van der Waals surface area (Å²) in [7, 11) is 0. The van der Waals surface area contributed by atoms with E-state index >= 15 is 0 Å². The van der Waals surface area contributed by atoms with Crippen molar-refractivity contribution in [3.8, 4) is 11.8 Å². The average Bonchev–Trinajstić information content (AvgIpc) is 2.03. The summed E-state index contributed by atoms with van der Waals surface area (Å²) in [4.78, 5) is 0. The van der Waals surface area contributed by atoms with Crippen molar-refractivity contribution in [1.29, 1.82) is 5.26 Å². The third kappa shape index (κ3) is 2.20. The zero-order valence-corrected chi connectivity index (χ0v) is 5.92. The van der Waals surface area contributed by atoms with E-state index < -0.39 is 6.61 Å². The van der Waals surface area contributed by atoms with Gasteiger partial charge in [-0.25, -0.2) is 0 Å². The molecule has 0 unspecified atom stereocenters. The van der Waals surface area contributed by atoms with Gasteiger partial charge in [-0.15, -0.1) is 0 Å². The molecule has 0 fully saturated rings. The Labute approximate surface area is 68.0 Å². The number of hydrogen-bond acceptors (Lipinski definition) is 2. The summed E-state index contributed by atoms with van der Waals surface area (Å²) in [5.41, 5.74) is 0.174. The van der Waals surface area contributed by atoms with Gasteiger partial charge in [-0.3, -0.25) is 0 Å². The molecule has 1 aromatic rings. The summed E-state index contributed by atoms with van der Waals surface area (Å²) in [5.74, 6) is -0.0275. The van der Waals surface area contributed by atoms with Crippen LogP contribution in [0.3, 0.4) is 0 Å². The van der Waals surface area contributed by atoms with E-state index in [4.69, 9.17) is 5.26 Å². The topological polar surface area (TPSA) is 33.0 Å². The number of halogens is 2. The Kier molecular flexibility index (Phi) is 2.59. The lowest BCUT2D eigenvalue weighted by Gasteiger charge is -2.02. The van der Waals surface area contributed by atoms with Crippen LogP contribution in [0.1, 0.15) is 5.56 Å². The summed E-state index contributed by atoms with van der Waals surface area (Å²) in [6.07, 6.45) is 0. The van der Waals surface area contributed by atoms with Crippen LogP contribution in [0.2, 0.25) is 0 Å². The summed E-state index contributed by atoms with van der Waals surface area (Å²) in [6.45, 7) is -2.86. The zero-order valence-electron chi connectivity index (χ0n) is 5.92. The lowest BCUT2D eigenvalue weighted by atomic mass is 10.2. The van der Waals surface area contributed by atoms with Crippen LogP contribution in [-0.2, 0) is 0 Å². The molecule has 0 aliphatic rings. The van der Waals surface area contributed by atoms with Gasteiger partial charge in [0.05, 0.1) is 11.6 Å². The lowest BCUT2D eigenvalue weighted by molar-refractivity contribution is -0.0498. The highest BCUT2D eigenvalue weighted by molar-refractivity contribution is 5.35. The van der Waals surface area contributed by atoms with Crippen molar-refractivity contribution < 1.29 is 13.5 Å². The van der Waals surface area contributed by atoms with Gasteiger partial charge in [0.2, 0.25) is 0 Å². The standard InChI is InChI=1S/C8H4F2NO/c9-8(10)12-7-3-1-2-6(4-7)5-11/h1,3-4,8H.